The number of hydrogen-bond donors (Lipinski definition) is 2. The first kappa shape index (κ1) is 18.3. The van der Waals surface area contributed by atoms with Crippen LogP contribution < -0.4 is 0 Å². The fourth-order valence-corrected chi connectivity index (χ4v) is 3.16. The average Bonchev–Trinajstić information content (AvgIpc) is 3.35. The normalized spacial score (nSPS) is 12.0. The summed E-state index contributed by atoms with van der Waals surface area (Å²) in [5.41, 5.74) is 3.62. The average molecular weight is 451 g/mol. The Bertz CT molecular complexity index is 1190. The molecule has 0 aliphatic heterocycles. The molecule has 4 aromatic rings. The number of aromatic amines is 2. The predicted molar refractivity (Wildman–Crippen MR) is 118 cm³/mol. The van der Waals surface area contributed by atoms with Crippen LogP contribution in [-0.4, -0.2) is 31.3 Å². The lowest BCUT2D eigenvalue weighted by Crippen LogP contribution is -1.94. The summed E-state index contributed by atoms with van der Waals surface area (Å²) in [6, 6.07) is 21.8. The molecule has 2 N–H and O–H groups in total. The van der Waals surface area contributed by atoms with E-state index in [9.17, 15) is 0 Å². The van der Waals surface area contributed by atoms with Gasteiger partial charge in [0.1, 0.15) is 5.69 Å². The summed E-state index contributed by atoms with van der Waals surface area (Å²) >= 11 is 8.83. The van der Waals surface area contributed by atoms with E-state index in [0.717, 1.165) is 21.3 Å². The van der Waals surface area contributed by atoms with Gasteiger partial charge in [0.15, 0.2) is 0 Å². The molecule has 0 aliphatic rings. The fraction of sp³-hybridized carbons (Fsp3) is 0. The SMILES string of the molecule is S=c1[nH]nc(-c2cc(-c3ccccc3)n[nH]2)n1/N=C/C(Br)=C\c1ccccc1. The van der Waals surface area contributed by atoms with Gasteiger partial charge in [-0.2, -0.15) is 20.0 Å². The van der Waals surface area contributed by atoms with Crippen LogP contribution >= 0.6 is 28.1 Å². The highest BCUT2D eigenvalue weighted by Gasteiger charge is 2.12. The Morgan fingerprint density at radius 2 is 1.71 bits per heavy atom. The molecule has 0 bridgehead atoms. The van der Waals surface area contributed by atoms with E-state index in [1.54, 1.807) is 10.9 Å². The van der Waals surface area contributed by atoms with E-state index in [4.69, 9.17) is 12.2 Å². The standard InChI is InChI=1S/C20H15BrN6S/c21-16(11-14-7-3-1-4-8-14)13-22-27-19(25-26-20(27)28)18-12-17(23-24-18)15-9-5-2-6-10-15/h1-13H,(H,23,24)(H,26,28)/b16-11+,22-13+. The topological polar surface area (TPSA) is 74.7 Å². The summed E-state index contributed by atoms with van der Waals surface area (Å²) in [7, 11) is 0. The van der Waals surface area contributed by atoms with E-state index in [0.29, 0.717) is 16.3 Å². The molecule has 0 unspecified atom stereocenters. The second-order valence-electron chi connectivity index (χ2n) is 5.88. The lowest BCUT2D eigenvalue weighted by molar-refractivity contribution is 0.866. The number of H-pyrrole nitrogens is 2. The minimum Gasteiger partial charge on any atom is -0.274 e. The molecule has 0 fully saturated rings. The van der Waals surface area contributed by atoms with Crippen LogP contribution in [0.15, 0.2) is 76.3 Å². The molecule has 0 saturated heterocycles. The van der Waals surface area contributed by atoms with Gasteiger partial charge in [0.2, 0.25) is 10.6 Å². The van der Waals surface area contributed by atoms with E-state index >= 15 is 0 Å². The monoisotopic (exact) mass is 450 g/mol. The summed E-state index contributed by atoms with van der Waals surface area (Å²) in [6.07, 6.45) is 3.65. The minimum absolute atomic E-state index is 0.391. The maximum Gasteiger partial charge on any atom is 0.216 e. The molecule has 0 atom stereocenters. The van der Waals surface area contributed by atoms with Crippen LogP contribution in [0.25, 0.3) is 28.9 Å². The first-order valence-electron chi connectivity index (χ1n) is 8.46. The molecule has 2 aromatic carbocycles. The summed E-state index contributed by atoms with van der Waals surface area (Å²) < 4.78 is 2.75. The van der Waals surface area contributed by atoms with E-state index in [1.807, 2.05) is 72.8 Å². The maximum atomic E-state index is 5.32. The van der Waals surface area contributed by atoms with Gasteiger partial charge in [-0.15, -0.1) is 0 Å². The van der Waals surface area contributed by atoms with Crippen molar-refractivity contribution in [1.29, 1.82) is 0 Å². The molecule has 2 aromatic heterocycles. The molecular formula is C20H15BrN6S. The van der Waals surface area contributed by atoms with E-state index < -0.39 is 0 Å². The number of rotatable bonds is 5. The van der Waals surface area contributed by atoms with Crippen LogP contribution in [0.4, 0.5) is 0 Å². The third-order valence-corrected chi connectivity index (χ3v) is 4.64. The van der Waals surface area contributed by atoms with Crippen molar-refractivity contribution in [1.82, 2.24) is 25.1 Å². The Labute approximate surface area is 174 Å². The molecule has 2 heterocycles. The molecule has 0 spiro atoms. The molecule has 138 valence electrons. The molecule has 4 rings (SSSR count). The van der Waals surface area contributed by atoms with Crippen LogP contribution in [0.2, 0.25) is 0 Å². The summed E-state index contributed by atoms with van der Waals surface area (Å²) in [4.78, 5) is 0. The van der Waals surface area contributed by atoms with Gasteiger partial charge < -0.3 is 0 Å². The molecule has 6 nitrogen and oxygen atoms in total. The second-order valence-corrected chi connectivity index (χ2v) is 7.18. The first-order valence-corrected chi connectivity index (χ1v) is 9.66. The van der Waals surface area contributed by atoms with Crippen LogP contribution in [0.1, 0.15) is 5.56 Å². The number of aromatic nitrogens is 5. The highest BCUT2D eigenvalue weighted by Crippen LogP contribution is 2.22. The minimum atomic E-state index is 0.391. The van der Waals surface area contributed by atoms with Crippen molar-refractivity contribution in [2.45, 2.75) is 0 Å². The summed E-state index contributed by atoms with van der Waals surface area (Å²) in [5, 5.41) is 18.9. The highest BCUT2D eigenvalue weighted by molar-refractivity contribution is 9.12. The van der Waals surface area contributed by atoms with E-state index in [-0.39, 0.29) is 0 Å². The van der Waals surface area contributed by atoms with Gasteiger partial charge in [0.05, 0.1) is 11.9 Å². The van der Waals surface area contributed by atoms with Crippen molar-refractivity contribution in [3.63, 3.8) is 0 Å². The zero-order valence-electron chi connectivity index (χ0n) is 14.6. The van der Waals surface area contributed by atoms with Gasteiger partial charge >= 0.3 is 0 Å². The lowest BCUT2D eigenvalue weighted by atomic mass is 10.1. The number of hydrogen-bond acceptors (Lipinski definition) is 4. The van der Waals surface area contributed by atoms with E-state index in [1.165, 1.54) is 0 Å². The van der Waals surface area contributed by atoms with Gasteiger partial charge in [-0.25, -0.2) is 5.10 Å². The quantitative estimate of drug-likeness (QED) is 0.321. The molecular weight excluding hydrogens is 436 g/mol. The number of nitrogens with one attached hydrogen (secondary N) is 2. The Kier molecular flexibility index (Phi) is 5.41. The van der Waals surface area contributed by atoms with Gasteiger partial charge in [-0.1, -0.05) is 60.7 Å². The van der Waals surface area contributed by atoms with Crippen LogP contribution in [0, 0.1) is 4.77 Å². The first-order chi connectivity index (χ1) is 13.7. The molecule has 0 aliphatic carbocycles. The smallest absolute Gasteiger partial charge is 0.216 e. The van der Waals surface area contributed by atoms with Crippen molar-refractivity contribution in [2.24, 2.45) is 5.10 Å². The Morgan fingerprint density at radius 3 is 2.46 bits per heavy atom. The molecule has 0 amide bonds. The van der Waals surface area contributed by atoms with Crippen LogP contribution in [0.5, 0.6) is 0 Å². The van der Waals surface area contributed by atoms with Crippen molar-refractivity contribution < 1.29 is 0 Å². The molecule has 0 saturated carbocycles. The number of nitrogens with zero attached hydrogens (tertiary/aromatic N) is 4. The predicted octanol–water partition coefficient (Wildman–Crippen LogP) is 5.27. The summed E-state index contributed by atoms with van der Waals surface area (Å²) in [6.45, 7) is 0. The zero-order chi connectivity index (χ0) is 19.3. The maximum absolute atomic E-state index is 5.32. The van der Waals surface area contributed by atoms with Gasteiger partial charge in [0, 0.05) is 10.0 Å². The largest absolute Gasteiger partial charge is 0.274 e. The molecule has 0 radical (unpaired) electrons. The number of halogens is 1. The van der Waals surface area contributed by atoms with Crippen molar-refractivity contribution in [3.05, 3.63) is 81.5 Å². The highest BCUT2D eigenvalue weighted by atomic mass is 79.9. The zero-order valence-corrected chi connectivity index (χ0v) is 17.0. The van der Waals surface area contributed by atoms with Gasteiger partial charge in [-0.3, -0.25) is 5.10 Å². The third kappa shape index (κ3) is 4.08. The fourth-order valence-electron chi connectivity index (χ4n) is 2.62. The van der Waals surface area contributed by atoms with Crippen molar-refractivity contribution in [3.8, 4) is 22.8 Å². The Morgan fingerprint density at radius 1 is 1.00 bits per heavy atom. The molecule has 28 heavy (non-hydrogen) atoms. The Hall–Kier alpha value is -3.10. The van der Waals surface area contributed by atoms with Crippen LogP contribution in [-0.2, 0) is 0 Å². The number of benzene rings is 2. The second kappa shape index (κ2) is 8.28. The van der Waals surface area contributed by atoms with Crippen molar-refractivity contribution in [2.75, 3.05) is 0 Å². The van der Waals surface area contributed by atoms with Gasteiger partial charge in [-0.05, 0) is 45.9 Å². The summed E-state index contributed by atoms with van der Waals surface area (Å²) in [5.74, 6) is 0.552. The molecule has 8 heteroatoms. The van der Waals surface area contributed by atoms with E-state index in [2.05, 4.69) is 41.4 Å². The van der Waals surface area contributed by atoms with Gasteiger partial charge in [0.25, 0.3) is 0 Å². The van der Waals surface area contributed by atoms with Crippen molar-refractivity contribution >= 4 is 40.4 Å². The van der Waals surface area contributed by atoms with Crippen LogP contribution in [0.3, 0.4) is 0 Å². The Balaban J connectivity index is 1.63. The third-order valence-electron chi connectivity index (χ3n) is 3.94. The number of allylic oxidation sites excluding steroid dienone is 1. The lowest BCUT2D eigenvalue weighted by Gasteiger charge is -1.98.